The van der Waals surface area contributed by atoms with E-state index in [0.717, 1.165) is 18.8 Å². The summed E-state index contributed by atoms with van der Waals surface area (Å²) in [6.45, 7) is 22.7. The second-order valence-electron chi connectivity index (χ2n) is 11.1. The molecule has 2 rings (SSSR count). The lowest BCUT2D eigenvalue weighted by molar-refractivity contribution is -0.274. The van der Waals surface area contributed by atoms with Crippen LogP contribution in [-0.2, 0) is 4.79 Å². The van der Waals surface area contributed by atoms with Gasteiger partial charge in [0.05, 0.1) is 11.1 Å². The summed E-state index contributed by atoms with van der Waals surface area (Å²) in [7, 11) is 0. The number of carbonyl (C=O) groups is 1. The minimum absolute atomic E-state index is 0.0237. The van der Waals surface area contributed by atoms with Crippen molar-refractivity contribution in [1.29, 1.82) is 10.7 Å². The van der Waals surface area contributed by atoms with Gasteiger partial charge in [-0.2, -0.15) is 5.26 Å². The summed E-state index contributed by atoms with van der Waals surface area (Å²) in [4.78, 5) is 13.7. The maximum absolute atomic E-state index is 12.3. The summed E-state index contributed by atoms with van der Waals surface area (Å²) in [5.74, 6) is 0.971. The molecule has 0 radical (unpaired) electrons. The largest absolute Gasteiger partial charge is 0.573 e. The van der Waals surface area contributed by atoms with Crippen molar-refractivity contribution in [2.24, 2.45) is 17.3 Å². The number of hydrogen-bond donors (Lipinski definition) is 2. The first-order chi connectivity index (χ1) is 19.4. The van der Waals surface area contributed by atoms with Gasteiger partial charge in [0.1, 0.15) is 23.4 Å². The molecule has 0 spiro atoms. The van der Waals surface area contributed by atoms with Crippen molar-refractivity contribution in [2.75, 3.05) is 5.32 Å². The van der Waals surface area contributed by atoms with Crippen LogP contribution in [0.1, 0.15) is 113 Å². The zero-order valence-electron chi connectivity index (χ0n) is 27.3. The van der Waals surface area contributed by atoms with Gasteiger partial charge < -0.3 is 20.3 Å². The van der Waals surface area contributed by atoms with E-state index in [2.05, 4.69) is 69.6 Å². The van der Waals surface area contributed by atoms with Crippen LogP contribution in [-0.4, -0.2) is 22.8 Å². The summed E-state index contributed by atoms with van der Waals surface area (Å²) >= 11 is 0. The molecule has 1 aromatic carbocycles. The SMILES string of the molecule is CC(C)=O.CCC.CCC(C)C(C)(C)C.CCC(CC)C(=N)c1c(C#N)ccnc1Nc1ccc(OC(F)(F)F)cc1. The first-order valence-corrected chi connectivity index (χ1v) is 14.5. The third-order valence-corrected chi connectivity index (χ3v) is 6.18. The fourth-order valence-electron chi connectivity index (χ4n) is 3.31. The number of halogens is 3. The van der Waals surface area contributed by atoms with Crippen molar-refractivity contribution in [3.8, 4) is 11.8 Å². The molecule has 6 nitrogen and oxygen atoms in total. The second-order valence-corrected chi connectivity index (χ2v) is 11.1. The van der Waals surface area contributed by atoms with Crippen LogP contribution in [0.3, 0.4) is 0 Å². The van der Waals surface area contributed by atoms with Gasteiger partial charge >= 0.3 is 6.36 Å². The number of rotatable bonds is 8. The fourth-order valence-corrected chi connectivity index (χ4v) is 3.31. The van der Waals surface area contributed by atoms with Gasteiger partial charge in [-0.05, 0) is 68.4 Å². The zero-order valence-corrected chi connectivity index (χ0v) is 27.3. The number of alkyl halides is 3. The first kappa shape index (κ1) is 40.7. The number of aromatic nitrogens is 1. The van der Waals surface area contributed by atoms with Crippen LogP contribution in [0.2, 0.25) is 0 Å². The molecule has 0 bridgehead atoms. The molecule has 1 atom stereocenters. The Balaban J connectivity index is 0. The third kappa shape index (κ3) is 17.4. The monoisotopic (exact) mass is 592 g/mol. The Morgan fingerprint density at radius 1 is 1.00 bits per heavy atom. The van der Waals surface area contributed by atoms with E-state index in [9.17, 15) is 23.2 Å². The number of hydrogen-bond acceptors (Lipinski definition) is 6. The van der Waals surface area contributed by atoms with E-state index in [1.165, 1.54) is 63.2 Å². The fraction of sp³-hybridized carbons (Fsp3) is 0.576. The van der Waals surface area contributed by atoms with Gasteiger partial charge in [0.25, 0.3) is 0 Å². The quantitative estimate of drug-likeness (QED) is 0.297. The Hall–Kier alpha value is -3.41. The average Bonchev–Trinajstić information content (AvgIpc) is 2.89. The molecule has 0 aliphatic heterocycles. The number of nitriles is 1. The molecule has 0 aliphatic rings. The number of ether oxygens (including phenoxy) is 1. The molecule has 42 heavy (non-hydrogen) atoms. The molecule has 1 aromatic heterocycles. The van der Waals surface area contributed by atoms with Crippen molar-refractivity contribution >= 4 is 23.0 Å². The molecule has 9 heteroatoms. The molecule has 0 saturated heterocycles. The normalized spacial score (nSPS) is 11.3. The maximum atomic E-state index is 12.3. The smallest absolute Gasteiger partial charge is 0.406 e. The lowest BCUT2D eigenvalue weighted by Gasteiger charge is -2.25. The molecular formula is C33H51F3N4O2. The minimum atomic E-state index is -4.75. The molecule has 236 valence electrons. The van der Waals surface area contributed by atoms with E-state index in [-0.39, 0.29) is 17.5 Å². The lowest BCUT2D eigenvalue weighted by atomic mass is 9.81. The molecule has 0 fully saturated rings. The van der Waals surface area contributed by atoms with Crippen LogP contribution in [0.15, 0.2) is 36.5 Å². The van der Waals surface area contributed by atoms with E-state index in [1.807, 2.05) is 13.8 Å². The predicted octanol–water partition coefficient (Wildman–Crippen LogP) is 10.5. The highest BCUT2D eigenvalue weighted by molar-refractivity contribution is 6.06. The lowest BCUT2D eigenvalue weighted by Crippen LogP contribution is -2.17. The number of benzene rings is 1. The van der Waals surface area contributed by atoms with Crippen LogP contribution < -0.4 is 10.1 Å². The Morgan fingerprint density at radius 2 is 1.48 bits per heavy atom. The van der Waals surface area contributed by atoms with Crippen LogP contribution in [0.5, 0.6) is 5.75 Å². The van der Waals surface area contributed by atoms with Crippen LogP contribution >= 0.6 is 0 Å². The van der Waals surface area contributed by atoms with Gasteiger partial charge in [-0.1, -0.05) is 75.2 Å². The first-order valence-electron chi connectivity index (χ1n) is 14.5. The van der Waals surface area contributed by atoms with Gasteiger partial charge in [-0.3, -0.25) is 0 Å². The third-order valence-electron chi connectivity index (χ3n) is 6.18. The number of pyridine rings is 1. The molecule has 0 saturated carbocycles. The van der Waals surface area contributed by atoms with Crippen LogP contribution in [0.25, 0.3) is 0 Å². The summed E-state index contributed by atoms with van der Waals surface area (Å²) in [6.07, 6.45) is 0.737. The average molecular weight is 593 g/mol. The van der Waals surface area contributed by atoms with Gasteiger partial charge in [-0.15, -0.1) is 13.2 Å². The van der Waals surface area contributed by atoms with Crippen molar-refractivity contribution in [1.82, 2.24) is 4.98 Å². The topological polar surface area (TPSA) is 98.9 Å². The van der Waals surface area contributed by atoms with Crippen molar-refractivity contribution in [3.63, 3.8) is 0 Å². The van der Waals surface area contributed by atoms with E-state index in [1.54, 1.807) is 0 Å². The minimum Gasteiger partial charge on any atom is -0.406 e. The highest BCUT2D eigenvalue weighted by Crippen LogP contribution is 2.29. The number of nitrogens with zero attached hydrogens (tertiary/aromatic N) is 2. The number of anilines is 2. The molecule has 1 heterocycles. The van der Waals surface area contributed by atoms with E-state index < -0.39 is 6.36 Å². The molecule has 1 unspecified atom stereocenters. The summed E-state index contributed by atoms with van der Waals surface area (Å²) < 4.78 is 40.6. The zero-order chi connectivity index (χ0) is 33.1. The van der Waals surface area contributed by atoms with Crippen molar-refractivity contribution in [3.05, 3.63) is 47.7 Å². The molecular weight excluding hydrogens is 541 g/mol. The van der Waals surface area contributed by atoms with Gasteiger partial charge in [-0.25, -0.2) is 4.98 Å². The Bertz CT molecular complexity index is 1090. The van der Waals surface area contributed by atoms with Gasteiger partial charge in [0.15, 0.2) is 0 Å². The molecule has 2 aromatic rings. The second kappa shape index (κ2) is 20.5. The highest BCUT2D eigenvalue weighted by atomic mass is 19.4. The standard InChI is InChI=1S/C19H19F3N4O.C8H18.C3H6O.C3H8/c1-3-12(4-2)17(24)16-13(11-23)9-10-25-18(16)26-14-5-7-15(8-6-14)27-19(20,21)22;1-6-7(2)8(3,4)5;1-3(2)4;1-3-2/h5-10,12,24H,3-4H2,1-2H3,(H,25,26);7H,6H2,1-5H3;1-2H3;3H2,1-2H3. The van der Waals surface area contributed by atoms with Gasteiger partial charge in [0.2, 0.25) is 0 Å². The summed E-state index contributed by atoms with van der Waals surface area (Å²) in [5.41, 5.74) is 2.01. The van der Waals surface area contributed by atoms with E-state index in [0.29, 0.717) is 33.8 Å². The maximum Gasteiger partial charge on any atom is 0.573 e. The highest BCUT2D eigenvalue weighted by Gasteiger charge is 2.31. The van der Waals surface area contributed by atoms with Gasteiger partial charge in [0, 0.05) is 23.5 Å². The molecule has 2 N–H and O–H groups in total. The number of carbonyl (C=O) groups excluding carboxylic acids is 1. The van der Waals surface area contributed by atoms with Crippen LogP contribution in [0, 0.1) is 34.0 Å². The molecule has 0 aliphatic carbocycles. The Morgan fingerprint density at radius 3 is 1.81 bits per heavy atom. The molecule has 0 amide bonds. The summed E-state index contributed by atoms with van der Waals surface area (Å²) in [6, 6.07) is 8.79. The number of Topliss-reactive ketones (excluding diaryl/α,β-unsaturated/α-hetero) is 1. The van der Waals surface area contributed by atoms with E-state index in [4.69, 9.17) is 5.41 Å². The van der Waals surface area contributed by atoms with Crippen molar-refractivity contribution in [2.45, 2.75) is 108 Å². The van der Waals surface area contributed by atoms with E-state index >= 15 is 0 Å². The van der Waals surface area contributed by atoms with Crippen LogP contribution in [0.4, 0.5) is 24.7 Å². The van der Waals surface area contributed by atoms with Crippen molar-refractivity contribution < 1.29 is 22.7 Å². The Labute approximate surface area is 251 Å². The number of ketones is 1. The summed E-state index contributed by atoms with van der Waals surface area (Å²) in [5, 5.41) is 20.9. The number of nitrogens with one attached hydrogen (secondary N) is 2. The predicted molar refractivity (Wildman–Crippen MR) is 167 cm³/mol. The Kier molecular flexibility index (Phi) is 19.8.